The lowest BCUT2D eigenvalue weighted by atomic mass is 10.2. The van der Waals surface area contributed by atoms with Gasteiger partial charge < -0.3 is 5.32 Å². The summed E-state index contributed by atoms with van der Waals surface area (Å²) in [5, 5.41) is 1.91. The molecule has 2 nitrogen and oxygen atoms in total. The van der Waals surface area contributed by atoms with Crippen LogP contribution < -0.4 is 5.32 Å². The van der Waals surface area contributed by atoms with Gasteiger partial charge in [0.25, 0.3) is 0 Å². The van der Waals surface area contributed by atoms with Crippen LogP contribution in [0.1, 0.15) is 12.5 Å². The van der Waals surface area contributed by atoms with Crippen LogP contribution in [0.3, 0.4) is 0 Å². The third-order valence-electron chi connectivity index (χ3n) is 2.09. The maximum Gasteiger partial charge on any atom is 0.417 e. The first-order valence-corrected chi connectivity index (χ1v) is 5.69. The molecule has 0 saturated heterocycles. The lowest BCUT2D eigenvalue weighted by Gasteiger charge is -2.11. The molecule has 0 unspecified atom stereocenters. The minimum Gasteiger partial charge on any atom is -0.322 e. The molecule has 0 aliphatic carbocycles. The minimum absolute atomic E-state index is 0.0341. The number of hydrogen-bond acceptors (Lipinski definition) is 1. The largest absolute Gasteiger partial charge is 0.417 e. The first kappa shape index (κ1) is 15.3. The topological polar surface area (TPSA) is 29.1 Å². The number of alkyl halides is 3. The van der Waals surface area contributed by atoms with Crippen LogP contribution in [0.5, 0.6) is 0 Å². The Balaban J connectivity index is 2.89. The number of carbonyl (C=O) groups excluding carboxylic acids is 1. The fourth-order valence-corrected chi connectivity index (χ4v) is 1.48. The fourth-order valence-electron chi connectivity index (χ4n) is 1.26. The first-order valence-electron chi connectivity index (χ1n) is 5.31. The molecule has 1 N–H and O–H groups in total. The van der Waals surface area contributed by atoms with Crippen LogP contribution in [-0.2, 0) is 11.0 Å². The Morgan fingerprint density at radius 3 is 2.58 bits per heavy atom. The Kier molecular flexibility index (Phi) is 5.18. The molecule has 0 fully saturated rings. The van der Waals surface area contributed by atoms with E-state index in [2.05, 4.69) is 5.32 Å². The summed E-state index contributed by atoms with van der Waals surface area (Å²) < 4.78 is 37.8. The van der Waals surface area contributed by atoms with Gasteiger partial charge in [-0.25, -0.2) is 0 Å². The summed E-state index contributed by atoms with van der Waals surface area (Å²) >= 11 is 5.46. The van der Waals surface area contributed by atoms with Gasteiger partial charge in [-0.3, -0.25) is 4.79 Å². The second-order valence-corrected chi connectivity index (χ2v) is 3.97. The summed E-state index contributed by atoms with van der Waals surface area (Å²) in [7, 11) is 0. The summed E-state index contributed by atoms with van der Waals surface area (Å²) in [5.74, 6) is -0.520. The van der Waals surface area contributed by atoms with E-state index >= 15 is 0 Å². The number of halogens is 4. The van der Waals surface area contributed by atoms with Gasteiger partial charge in [0.15, 0.2) is 0 Å². The molecular formula is C13H11ClF3NO. The summed E-state index contributed by atoms with van der Waals surface area (Å²) in [5.41, 5.74) is -0.948. The Bertz CT molecular complexity index is 521. The maximum atomic E-state index is 12.6. The lowest BCUT2D eigenvalue weighted by Crippen LogP contribution is -2.10. The van der Waals surface area contributed by atoms with Crippen molar-refractivity contribution in [3.8, 4) is 0 Å². The average molecular weight is 290 g/mol. The van der Waals surface area contributed by atoms with Crippen molar-refractivity contribution < 1.29 is 18.0 Å². The molecule has 6 heteroatoms. The number of anilines is 1. The standard InChI is InChI=1S/C13H11ClF3NO/c1-2-3-4-5-12(19)18-9-6-7-11(14)10(8-9)13(15,16)17/h2-8H,1H3,(H,18,19). The Morgan fingerprint density at radius 1 is 1.32 bits per heavy atom. The van der Waals surface area contributed by atoms with Crippen molar-refractivity contribution >= 4 is 23.2 Å². The van der Waals surface area contributed by atoms with Crippen molar-refractivity contribution in [2.45, 2.75) is 13.1 Å². The van der Waals surface area contributed by atoms with Crippen LogP contribution >= 0.6 is 11.6 Å². The molecule has 0 spiro atoms. The number of allylic oxidation sites excluding steroid dienone is 3. The number of nitrogens with one attached hydrogen (secondary N) is 1. The van der Waals surface area contributed by atoms with E-state index in [9.17, 15) is 18.0 Å². The van der Waals surface area contributed by atoms with Crippen molar-refractivity contribution in [2.24, 2.45) is 0 Å². The van der Waals surface area contributed by atoms with E-state index in [1.54, 1.807) is 19.1 Å². The highest BCUT2D eigenvalue weighted by Gasteiger charge is 2.33. The van der Waals surface area contributed by atoms with Crippen molar-refractivity contribution in [3.05, 3.63) is 53.1 Å². The van der Waals surface area contributed by atoms with E-state index in [4.69, 9.17) is 11.6 Å². The van der Waals surface area contributed by atoms with E-state index in [1.807, 2.05) is 0 Å². The van der Waals surface area contributed by atoms with E-state index in [1.165, 1.54) is 18.2 Å². The highest BCUT2D eigenvalue weighted by atomic mass is 35.5. The zero-order valence-corrected chi connectivity index (χ0v) is 10.7. The third-order valence-corrected chi connectivity index (χ3v) is 2.42. The molecule has 0 aliphatic rings. The van der Waals surface area contributed by atoms with Crippen LogP contribution in [0.25, 0.3) is 0 Å². The van der Waals surface area contributed by atoms with E-state index in [0.717, 1.165) is 12.1 Å². The van der Waals surface area contributed by atoms with Crippen molar-refractivity contribution in [2.75, 3.05) is 5.32 Å². The summed E-state index contributed by atoms with van der Waals surface area (Å²) in [4.78, 5) is 11.4. The molecule has 1 rings (SSSR count). The van der Waals surface area contributed by atoms with Gasteiger partial charge in [0.2, 0.25) is 5.91 Å². The lowest BCUT2D eigenvalue weighted by molar-refractivity contribution is -0.137. The molecule has 0 saturated carbocycles. The Morgan fingerprint density at radius 2 is 2.00 bits per heavy atom. The molecule has 0 aromatic heterocycles. The molecule has 1 amide bonds. The van der Waals surface area contributed by atoms with Crippen molar-refractivity contribution in [1.82, 2.24) is 0 Å². The fraction of sp³-hybridized carbons (Fsp3) is 0.154. The predicted molar refractivity (Wildman–Crippen MR) is 69.0 cm³/mol. The molecule has 0 aliphatic heterocycles. The molecular weight excluding hydrogens is 279 g/mol. The molecule has 1 aromatic rings. The van der Waals surface area contributed by atoms with Gasteiger partial charge in [-0.05, 0) is 25.1 Å². The van der Waals surface area contributed by atoms with Gasteiger partial charge in [-0.2, -0.15) is 13.2 Å². The van der Waals surface area contributed by atoms with E-state index in [-0.39, 0.29) is 5.69 Å². The minimum atomic E-state index is -4.56. The normalized spacial score (nSPS) is 12.3. The number of hydrogen-bond donors (Lipinski definition) is 1. The van der Waals surface area contributed by atoms with Crippen LogP contribution in [0.15, 0.2) is 42.5 Å². The summed E-state index contributed by atoms with van der Waals surface area (Å²) in [6, 6.07) is 3.19. The van der Waals surface area contributed by atoms with Crippen molar-refractivity contribution in [1.29, 1.82) is 0 Å². The van der Waals surface area contributed by atoms with Crippen LogP contribution in [0, 0.1) is 0 Å². The van der Waals surface area contributed by atoms with Gasteiger partial charge in [0.1, 0.15) is 0 Å². The van der Waals surface area contributed by atoms with Gasteiger partial charge in [-0.15, -0.1) is 0 Å². The Labute approximate surface area is 113 Å². The monoisotopic (exact) mass is 289 g/mol. The quantitative estimate of drug-likeness (QED) is 0.647. The van der Waals surface area contributed by atoms with Gasteiger partial charge in [-0.1, -0.05) is 29.8 Å². The zero-order chi connectivity index (χ0) is 14.5. The second kappa shape index (κ2) is 6.43. The van der Waals surface area contributed by atoms with Crippen LogP contribution in [-0.4, -0.2) is 5.91 Å². The van der Waals surface area contributed by atoms with Crippen LogP contribution in [0.4, 0.5) is 18.9 Å². The summed E-state index contributed by atoms with van der Waals surface area (Å²) in [6.07, 6.45) is 1.48. The third kappa shape index (κ3) is 4.79. The molecule has 1 aromatic carbocycles. The zero-order valence-electron chi connectivity index (χ0n) is 9.96. The Hall–Kier alpha value is -1.75. The number of amides is 1. The van der Waals surface area contributed by atoms with Gasteiger partial charge in [0.05, 0.1) is 10.6 Å². The molecule has 0 radical (unpaired) electrons. The molecule has 102 valence electrons. The highest BCUT2D eigenvalue weighted by Crippen LogP contribution is 2.36. The SMILES string of the molecule is CC=CC=CC(=O)Nc1ccc(Cl)c(C(F)(F)F)c1. The molecule has 0 heterocycles. The van der Waals surface area contributed by atoms with Gasteiger partial charge in [0, 0.05) is 11.8 Å². The smallest absolute Gasteiger partial charge is 0.322 e. The summed E-state index contributed by atoms with van der Waals surface area (Å²) in [6.45, 7) is 1.77. The maximum absolute atomic E-state index is 12.6. The predicted octanol–water partition coefficient (Wildman–Crippen LogP) is 4.43. The molecule has 0 bridgehead atoms. The number of rotatable bonds is 3. The molecule has 0 atom stereocenters. The van der Waals surface area contributed by atoms with Crippen molar-refractivity contribution in [3.63, 3.8) is 0 Å². The van der Waals surface area contributed by atoms with E-state index in [0.29, 0.717) is 0 Å². The van der Waals surface area contributed by atoms with Crippen LogP contribution in [0.2, 0.25) is 5.02 Å². The average Bonchev–Trinajstić information content (AvgIpc) is 2.30. The second-order valence-electron chi connectivity index (χ2n) is 3.57. The molecule has 19 heavy (non-hydrogen) atoms. The van der Waals surface area contributed by atoms with E-state index < -0.39 is 22.7 Å². The highest BCUT2D eigenvalue weighted by molar-refractivity contribution is 6.31. The van der Waals surface area contributed by atoms with Gasteiger partial charge >= 0.3 is 6.18 Å². The number of carbonyl (C=O) groups is 1. The number of benzene rings is 1. The first-order chi connectivity index (χ1) is 8.84.